The molecule has 0 aliphatic carbocycles. The molecule has 0 unspecified atom stereocenters. The van der Waals surface area contributed by atoms with Gasteiger partial charge in [0, 0.05) is 11.9 Å². The van der Waals surface area contributed by atoms with Crippen LogP contribution in [0.1, 0.15) is 19.5 Å². The molecule has 0 aliphatic heterocycles. The number of hydrogen-bond acceptors (Lipinski definition) is 2. The molecule has 0 radical (unpaired) electrons. The molecular formula is C12H17N3. The van der Waals surface area contributed by atoms with Crippen molar-refractivity contribution in [2.45, 2.75) is 20.4 Å². The smallest absolute Gasteiger partial charge is 0.0924 e. The Morgan fingerprint density at radius 2 is 1.93 bits per heavy atom. The fourth-order valence-electron chi connectivity index (χ4n) is 1.81. The standard InChI is InChI=1S/C12H17N3/c1-3-15(4-2)9-12-10-7-5-6-8-11(10)13-14-12/h5-8H,3-4,9H2,1-2H3,(H,13,14). The predicted octanol–water partition coefficient (Wildman–Crippen LogP) is 2.40. The SMILES string of the molecule is CCN(CC)Cc1[nH]nc2ccccc12. The van der Waals surface area contributed by atoms with Crippen LogP contribution >= 0.6 is 0 Å². The van der Waals surface area contributed by atoms with Gasteiger partial charge in [0.05, 0.1) is 11.2 Å². The molecule has 80 valence electrons. The highest BCUT2D eigenvalue weighted by molar-refractivity contribution is 5.81. The molecule has 1 heterocycles. The van der Waals surface area contributed by atoms with Gasteiger partial charge in [-0.2, -0.15) is 5.10 Å². The van der Waals surface area contributed by atoms with E-state index in [-0.39, 0.29) is 0 Å². The monoisotopic (exact) mass is 203 g/mol. The molecule has 0 spiro atoms. The summed E-state index contributed by atoms with van der Waals surface area (Å²) >= 11 is 0. The van der Waals surface area contributed by atoms with Gasteiger partial charge in [-0.25, -0.2) is 0 Å². The third-order valence-corrected chi connectivity index (χ3v) is 2.82. The summed E-state index contributed by atoms with van der Waals surface area (Å²) in [5.41, 5.74) is 2.27. The fourth-order valence-corrected chi connectivity index (χ4v) is 1.81. The second-order valence-corrected chi connectivity index (χ2v) is 3.68. The van der Waals surface area contributed by atoms with Gasteiger partial charge < -0.3 is 0 Å². The van der Waals surface area contributed by atoms with Crippen LogP contribution in [0.15, 0.2) is 24.3 Å². The molecule has 1 aromatic carbocycles. The lowest BCUT2D eigenvalue weighted by Crippen LogP contribution is -2.22. The molecule has 1 N–H and O–H groups in total. The van der Waals surface area contributed by atoms with Gasteiger partial charge in [0.15, 0.2) is 0 Å². The van der Waals surface area contributed by atoms with Gasteiger partial charge >= 0.3 is 0 Å². The van der Waals surface area contributed by atoms with Gasteiger partial charge in [0.1, 0.15) is 0 Å². The number of hydrogen-bond donors (Lipinski definition) is 1. The van der Waals surface area contributed by atoms with Gasteiger partial charge in [-0.15, -0.1) is 0 Å². The highest BCUT2D eigenvalue weighted by atomic mass is 15.2. The third-order valence-electron chi connectivity index (χ3n) is 2.82. The zero-order valence-corrected chi connectivity index (χ0v) is 9.33. The maximum Gasteiger partial charge on any atom is 0.0924 e. The summed E-state index contributed by atoms with van der Waals surface area (Å²) < 4.78 is 0. The van der Waals surface area contributed by atoms with Crippen molar-refractivity contribution in [3.8, 4) is 0 Å². The minimum absolute atomic E-state index is 0.952. The fraction of sp³-hybridized carbons (Fsp3) is 0.417. The molecule has 3 nitrogen and oxygen atoms in total. The Morgan fingerprint density at radius 1 is 1.20 bits per heavy atom. The Morgan fingerprint density at radius 3 is 2.67 bits per heavy atom. The summed E-state index contributed by atoms with van der Waals surface area (Å²) in [6, 6.07) is 8.24. The van der Waals surface area contributed by atoms with E-state index >= 15 is 0 Å². The number of fused-ring (bicyclic) bond motifs is 1. The first-order valence-electron chi connectivity index (χ1n) is 5.49. The molecule has 0 bridgehead atoms. The second-order valence-electron chi connectivity index (χ2n) is 3.68. The predicted molar refractivity (Wildman–Crippen MR) is 62.7 cm³/mol. The molecule has 15 heavy (non-hydrogen) atoms. The number of benzene rings is 1. The quantitative estimate of drug-likeness (QED) is 0.827. The van der Waals surface area contributed by atoms with Crippen molar-refractivity contribution in [2.24, 2.45) is 0 Å². The molecule has 2 aromatic rings. The van der Waals surface area contributed by atoms with Gasteiger partial charge in [-0.1, -0.05) is 32.0 Å². The molecule has 0 amide bonds. The topological polar surface area (TPSA) is 31.9 Å². The lowest BCUT2D eigenvalue weighted by atomic mass is 10.2. The average Bonchev–Trinajstić information content (AvgIpc) is 2.69. The van der Waals surface area contributed by atoms with Crippen LogP contribution in [0.25, 0.3) is 10.9 Å². The Balaban J connectivity index is 2.28. The molecule has 0 fully saturated rings. The molecule has 0 saturated carbocycles. The number of aromatic amines is 1. The molecule has 0 saturated heterocycles. The van der Waals surface area contributed by atoms with Crippen LogP contribution in [0.2, 0.25) is 0 Å². The summed E-state index contributed by atoms with van der Waals surface area (Å²) in [7, 11) is 0. The Kier molecular flexibility index (Phi) is 3.02. The maximum atomic E-state index is 4.29. The van der Waals surface area contributed by atoms with Crippen LogP contribution in [0, 0.1) is 0 Å². The van der Waals surface area contributed by atoms with E-state index in [1.807, 2.05) is 12.1 Å². The zero-order valence-electron chi connectivity index (χ0n) is 9.33. The summed E-state index contributed by atoms with van der Waals surface area (Å²) in [5, 5.41) is 8.65. The highest BCUT2D eigenvalue weighted by Gasteiger charge is 2.07. The zero-order chi connectivity index (χ0) is 10.7. The Bertz CT molecular complexity index is 429. The van der Waals surface area contributed by atoms with Crippen LogP contribution in [-0.2, 0) is 6.54 Å². The van der Waals surface area contributed by atoms with E-state index in [1.54, 1.807) is 0 Å². The van der Waals surface area contributed by atoms with Crippen molar-refractivity contribution < 1.29 is 0 Å². The molecule has 3 heteroatoms. The van der Waals surface area contributed by atoms with Crippen molar-refractivity contribution in [1.29, 1.82) is 0 Å². The number of rotatable bonds is 4. The van der Waals surface area contributed by atoms with Crippen molar-refractivity contribution in [1.82, 2.24) is 15.1 Å². The van der Waals surface area contributed by atoms with E-state index in [2.05, 4.69) is 41.1 Å². The van der Waals surface area contributed by atoms with Crippen LogP contribution < -0.4 is 0 Å². The van der Waals surface area contributed by atoms with Crippen LogP contribution in [0.3, 0.4) is 0 Å². The van der Waals surface area contributed by atoms with Crippen molar-refractivity contribution in [3.63, 3.8) is 0 Å². The third kappa shape index (κ3) is 2.02. The Labute approximate surface area is 90.1 Å². The first-order valence-corrected chi connectivity index (χ1v) is 5.49. The van der Waals surface area contributed by atoms with Crippen molar-refractivity contribution in [2.75, 3.05) is 13.1 Å². The number of H-pyrrole nitrogens is 1. The van der Waals surface area contributed by atoms with E-state index in [1.165, 1.54) is 11.1 Å². The summed E-state index contributed by atoms with van der Waals surface area (Å²) in [4.78, 5) is 2.37. The van der Waals surface area contributed by atoms with Crippen LogP contribution in [-0.4, -0.2) is 28.2 Å². The highest BCUT2D eigenvalue weighted by Crippen LogP contribution is 2.16. The molecule has 1 aromatic heterocycles. The number of nitrogens with zero attached hydrogens (tertiary/aromatic N) is 2. The van der Waals surface area contributed by atoms with Gasteiger partial charge in [-0.3, -0.25) is 10.00 Å². The molecule has 0 aliphatic rings. The Hall–Kier alpha value is -1.35. The van der Waals surface area contributed by atoms with Crippen molar-refractivity contribution in [3.05, 3.63) is 30.0 Å². The van der Waals surface area contributed by atoms with Crippen LogP contribution in [0.4, 0.5) is 0 Å². The van der Waals surface area contributed by atoms with E-state index < -0.39 is 0 Å². The average molecular weight is 203 g/mol. The molecule has 0 atom stereocenters. The van der Waals surface area contributed by atoms with Gasteiger partial charge in [0.2, 0.25) is 0 Å². The second kappa shape index (κ2) is 4.45. The van der Waals surface area contributed by atoms with Gasteiger partial charge in [0.25, 0.3) is 0 Å². The number of nitrogens with one attached hydrogen (secondary N) is 1. The first kappa shape index (κ1) is 10.2. The summed E-state index contributed by atoms with van der Waals surface area (Å²) in [6.07, 6.45) is 0. The van der Waals surface area contributed by atoms with E-state index in [9.17, 15) is 0 Å². The van der Waals surface area contributed by atoms with Crippen molar-refractivity contribution >= 4 is 10.9 Å². The minimum atomic E-state index is 0.952. The number of para-hydroxylation sites is 1. The van der Waals surface area contributed by atoms with Gasteiger partial charge in [-0.05, 0) is 19.2 Å². The largest absolute Gasteiger partial charge is 0.298 e. The molecule has 2 rings (SSSR count). The van der Waals surface area contributed by atoms with E-state index in [0.29, 0.717) is 0 Å². The number of aromatic nitrogens is 2. The summed E-state index contributed by atoms with van der Waals surface area (Å²) in [5.74, 6) is 0. The lowest BCUT2D eigenvalue weighted by Gasteiger charge is -2.16. The molecular weight excluding hydrogens is 186 g/mol. The van der Waals surface area contributed by atoms with E-state index in [4.69, 9.17) is 0 Å². The van der Waals surface area contributed by atoms with E-state index in [0.717, 1.165) is 25.2 Å². The maximum absolute atomic E-state index is 4.29. The summed E-state index contributed by atoms with van der Waals surface area (Å²) in [6.45, 7) is 7.46. The van der Waals surface area contributed by atoms with Crippen LogP contribution in [0.5, 0.6) is 0 Å². The minimum Gasteiger partial charge on any atom is -0.298 e. The lowest BCUT2D eigenvalue weighted by molar-refractivity contribution is 0.293. The normalized spacial score (nSPS) is 11.4. The first-order chi connectivity index (χ1) is 7.35.